The van der Waals surface area contributed by atoms with Gasteiger partial charge in [-0.3, -0.25) is 4.98 Å². The maximum atomic E-state index is 9.18. The highest BCUT2D eigenvalue weighted by molar-refractivity contribution is 5.60. The molecule has 18 heavy (non-hydrogen) atoms. The highest BCUT2D eigenvalue weighted by Crippen LogP contribution is 2.20. The summed E-state index contributed by atoms with van der Waals surface area (Å²) < 4.78 is 0. The molecule has 98 valence electrons. The molecular formula is C14H22N4. The Kier molecular flexibility index (Phi) is 5.11. The van der Waals surface area contributed by atoms with Crippen LogP contribution in [0.5, 0.6) is 0 Å². The summed E-state index contributed by atoms with van der Waals surface area (Å²) >= 11 is 0. The molecule has 0 amide bonds. The quantitative estimate of drug-likeness (QED) is 0.866. The van der Waals surface area contributed by atoms with Gasteiger partial charge in [0.05, 0.1) is 16.9 Å². The van der Waals surface area contributed by atoms with Crippen molar-refractivity contribution in [3.8, 4) is 6.07 Å². The summed E-state index contributed by atoms with van der Waals surface area (Å²) in [7, 11) is 4.13. The Balaban J connectivity index is 2.81. The smallest absolute Gasteiger partial charge is 0.103 e. The van der Waals surface area contributed by atoms with E-state index in [9.17, 15) is 5.26 Å². The van der Waals surface area contributed by atoms with E-state index in [2.05, 4.69) is 42.3 Å². The number of aryl methyl sites for hydroxylation is 2. The van der Waals surface area contributed by atoms with E-state index >= 15 is 0 Å². The predicted octanol–water partition coefficient (Wildman–Crippen LogP) is 2.32. The molecule has 0 aliphatic heterocycles. The van der Waals surface area contributed by atoms with E-state index in [1.807, 2.05) is 19.9 Å². The summed E-state index contributed by atoms with van der Waals surface area (Å²) in [6.45, 7) is 6.99. The number of anilines is 1. The Morgan fingerprint density at radius 2 is 2.11 bits per heavy atom. The molecule has 0 aromatic carbocycles. The molecule has 0 aliphatic carbocycles. The molecule has 1 aromatic heterocycles. The van der Waals surface area contributed by atoms with Gasteiger partial charge in [-0.15, -0.1) is 0 Å². The third-order valence-electron chi connectivity index (χ3n) is 2.85. The van der Waals surface area contributed by atoms with Gasteiger partial charge >= 0.3 is 0 Å². The Morgan fingerprint density at radius 1 is 1.44 bits per heavy atom. The van der Waals surface area contributed by atoms with Crippen molar-refractivity contribution in [2.24, 2.45) is 0 Å². The van der Waals surface area contributed by atoms with Crippen molar-refractivity contribution in [2.45, 2.75) is 33.2 Å². The normalized spacial score (nSPS) is 12.3. The molecule has 1 aromatic rings. The van der Waals surface area contributed by atoms with Gasteiger partial charge in [0.15, 0.2) is 0 Å². The van der Waals surface area contributed by atoms with Gasteiger partial charge in [-0.2, -0.15) is 5.26 Å². The van der Waals surface area contributed by atoms with Crippen LogP contribution in [0.3, 0.4) is 0 Å². The standard InChI is InChI=1S/C14H22N4/c1-10(6-7-18(4)5)17-14-8-11(2)16-12(3)13(14)9-15/h8,10H,6-7H2,1-5H3,(H,16,17). The first-order chi connectivity index (χ1) is 8.43. The molecule has 0 saturated carbocycles. The number of hydrogen-bond acceptors (Lipinski definition) is 4. The molecule has 1 rings (SSSR count). The van der Waals surface area contributed by atoms with Crippen LogP contribution < -0.4 is 5.32 Å². The number of aromatic nitrogens is 1. The van der Waals surface area contributed by atoms with Gasteiger partial charge in [0.2, 0.25) is 0 Å². The predicted molar refractivity (Wildman–Crippen MR) is 74.7 cm³/mol. The maximum Gasteiger partial charge on any atom is 0.103 e. The third kappa shape index (κ3) is 4.01. The lowest BCUT2D eigenvalue weighted by Gasteiger charge is -2.19. The second kappa shape index (κ2) is 6.36. The van der Waals surface area contributed by atoms with E-state index in [1.165, 1.54) is 0 Å². The fourth-order valence-electron chi connectivity index (χ4n) is 1.87. The number of hydrogen-bond donors (Lipinski definition) is 1. The summed E-state index contributed by atoms with van der Waals surface area (Å²) in [6, 6.07) is 4.50. The molecule has 0 radical (unpaired) electrons. The Hall–Kier alpha value is -1.60. The molecule has 1 atom stereocenters. The molecule has 0 fully saturated rings. The highest BCUT2D eigenvalue weighted by atomic mass is 15.1. The molecule has 1 unspecified atom stereocenters. The largest absolute Gasteiger partial charge is 0.381 e. The maximum absolute atomic E-state index is 9.18. The van der Waals surface area contributed by atoms with Gasteiger partial charge in [0.1, 0.15) is 6.07 Å². The highest BCUT2D eigenvalue weighted by Gasteiger charge is 2.10. The van der Waals surface area contributed by atoms with E-state index in [0.717, 1.165) is 30.0 Å². The summed E-state index contributed by atoms with van der Waals surface area (Å²) in [5, 5.41) is 12.6. The van der Waals surface area contributed by atoms with Crippen molar-refractivity contribution in [3.63, 3.8) is 0 Å². The van der Waals surface area contributed by atoms with Gasteiger partial charge in [-0.1, -0.05) is 0 Å². The van der Waals surface area contributed by atoms with Crippen LogP contribution in [0.25, 0.3) is 0 Å². The van der Waals surface area contributed by atoms with Crippen molar-refractivity contribution < 1.29 is 0 Å². The number of nitriles is 1. The zero-order valence-electron chi connectivity index (χ0n) is 11.9. The Bertz CT molecular complexity index is 446. The Labute approximate surface area is 110 Å². The SMILES string of the molecule is Cc1cc(NC(C)CCN(C)C)c(C#N)c(C)n1. The average Bonchev–Trinajstić information content (AvgIpc) is 2.26. The molecule has 0 spiro atoms. The lowest BCUT2D eigenvalue weighted by atomic mass is 10.1. The first-order valence-corrected chi connectivity index (χ1v) is 6.23. The average molecular weight is 246 g/mol. The van der Waals surface area contributed by atoms with Crippen molar-refractivity contribution in [1.82, 2.24) is 9.88 Å². The number of pyridine rings is 1. The van der Waals surface area contributed by atoms with E-state index in [0.29, 0.717) is 11.6 Å². The van der Waals surface area contributed by atoms with E-state index < -0.39 is 0 Å². The summed E-state index contributed by atoms with van der Waals surface area (Å²) in [5.74, 6) is 0. The van der Waals surface area contributed by atoms with Crippen LogP contribution in [0, 0.1) is 25.2 Å². The van der Waals surface area contributed by atoms with Crippen molar-refractivity contribution in [1.29, 1.82) is 5.26 Å². The first kappa shape index (κ1) is 14.5. The minimum absolute atomic E-state index is 0.334. The zero-order chi connectivity index (χ0) is 13.7. The fraction of sp³-hybridized carbons (Fsp3) is 0.571. The molecule has 0 saturated heterocycles. The van der Waals surface area contributed by atoms with Gasteiger partial charge in [0, 0.05) is 11.7 Å². The molecule has 4 nitrogen and oxygen atoms in total. The minimum atomic E-state index is 0.334. The lowest BCUT2D eigenvalue weighted by molar-refractivity contribution is 0.390. The van der Waals surface area contributed by atoms with Crippen molar-refractivity contribution in [2.75, 3.05) is 26.0 Å². The van der Waals surface area contributed by atoms with E-state index in [4.69, 9.17) is 0 Å². The zero-order valence-corrected chi connectivity index (χ0v) is 11.9. The van der Waals surface area contributed by atoms with Gasteiger partial charge in [-0.05, 0) is 53.9 Å². The number of nitrogens with zero attached hydrogens (tertiary/aromatic N) is 3. The number of rotatable bonds is 5. The third-order valence-corrected chi connectivity index (χ3v) is 2.85. The molecule has 4 heteroatoms. The molecule has 1 heterocycles. The van der Waals surface area contributed by atoms with Crippen molar-refractivity contribution >= 4 is 5.69 Å². The first-order valence-electron chi connectivity index (χ1n) is 6.23. The van der Waals surface area contributed by atoms with Crippen LogP contribution in [-0.4, -0.2) is 36.6 Å². The van der Waals surface area contributed by atoms with Gasteiger partial charge in [-0.25, -0.2) is 0 Å². The lowest BCUT2D eigenvalue weighted by Crippen LogP contribution is -2.23. The molecule has 0 aliphatic rings. The van der Waals surface area contributed by atoms with Crippen LogP contribution >= 0.6 is 0 Å². The Morgan fingerprint density at radius 3 is 2.67 bits per heavy atom. The fourth-order valence-corrected chi connectivity index (χ4v) is 1.87. The summed E-state index contributed by atoms with van der Waals surface area (Å²) in [5.41, 5.74) is 3.28. The molecular weight excluding hydrogens is 224 g/mol. The van der Waals surface area contributed by atoms with Gasteiger partial charge < -0.3 is 10.2 Å². The van der Waals surface area contributed by atoms with Crippen LogP contribution in [0.1, 0.15) is 30.3 Å². The summed E-state index contributed by atoms with van der Waals surface area (Å²) in [4.78, 5) is 6.47. The molecule has 0 bridgehead atoms. The minimum Gasteiger partial charge on any atom is -0.381 e. The van der Waals surface area contributed by atoms with E-state index in [-0.39, 0.29) is 0 Å². The van der Waals surface area contributed by atoms with E-state index in [1.54, 1.807) is 0 Å². The van der Waals surface area contributed by atoms with Crippen LogP contribution in [-0.2, 0) is 0 Å². The monoisotopic (exact) mass is 246 g/mol. The number of nitrogens with one attached hydrogen (secondary N) is 1. The molecule has 1 N–H and O–H groups in total. The second-order valence-corrected chi connectivity index (χ2v) is 5.02. The van der Waals surface area contributed by atoms with Crippen LogP contribution in [0.4, 0.5) is 5.69 Å². The van der Waals surface area contributed by atoms with Gasteiger partial charge in [0.25, 0.3) is 0 Å². The topological polar surface area (TPSA) is 52.0 Å². The van der Waals surface area contributed by atoms with Crippen LogP contribution in [0.15, 0.2) is 6.07 Å². The summed E-state index contributed by atoms with van der Waals surface area (Å²) in [6.07, 6.45) is 1.04. The van der Waals surface area contributed by atoms with Crippen LogP contribution in [0.2, 0.25) is 0 Å². The van der Waals surface area contributed by atoms with Crippen molar-refractivity contribution in [3.05, 3.63) is 23.0 Å². The second-order valence-electron chi connectivity index (χ2n) is 5.02.